The van der Waals surface area contributed by atoms with Crippen LogP contribution in [0.5, 0.6) is 5.75 Å². The van der Waals surface area contributed by atoms with E-state index in [0.29, 0.717) is 0 Å². The molecule has 2 saturated heterocycles. The molecule has 0 unspecified atom stereocenters. The first-order chi connectivity index (χ1) is 14.7. The normalized spacial score (nSPS) is 19.1. The quantitative estimate of drug-likeness (QED) is 0.745. The smallest absolute Gasteiger partial charge is 0.142 e. The molecule has 162 valence electrons. The number of likely N-dealkylation sites (N-methyl/N-ethyl adjacent to an activating group) is 1. The van der Waals surface area contributed by atoms with Crippen LogP contribution in [0.15, 0.2) is 48.5 Å². The van der Waals surface area contributed by atoms with E-state index in [1.54, 1.807) is 7.11 Å². The fraction of sp³-hybridized carbons (Fsp3) is 0.520. The maximum Gasteiger partial charge on any atom is 0.142 e. The number of methoxy groups -OCH3 is 1. The van der Waals surface area contributed by atoms with Gasteiger partial charge in [0.15, 0.2) is 0 Å². The van der Waals surface area contributed by atoms with Crippen molar-refractivity contribution >= 4 is 11.4 Å². The zero-order valence-corrected chi connectivity index (χ0v) is 18.5. The summed E-state index contributed by atoms with van der Waals surface area (Å²) < 4.78 is 5.65. The molecule has 2 aliphatic rings. The van der Waals surface area contributed by atoms with Crippen LogP contribution in [0.1, 0.15) is 24.8 Å². The first kappa shape index (κ1) is 21.0. The van der Waals surface area contributed by atoms with Gasteiger partial charge in [0.1, 0.15) is 5.75 Å². The number of hydrogen-bond acceptors (Lipinski definition) is 5. The third kappa shape index (κ3) is 5.46. The monoisotopic (exact) mass is 408 g/mol. The van der Waals surface area contributed by atoms with Gasteiger partial charge in [-0.25, -0.2) is 5.01 Å². The summed E-state index contributed by atoms with van der Waals surface area (Å²) in [5, 5.41) is 2.38. The summed E-state index contributed by atoms with van der Waals surface area (Å²) in [4.78, 5) is 4.83. The first-order valence-electron chi connectivity index (χ1n) is 11.4. The van der Waals surface area contributed by atoms with Gasteiger partial charge in [0.05, 0.1) is 18.5 Å². The number of piperidine rings is 1. The zero-order valence-electron chi connectivity index (χ0n) is 18.5. The molecule has 1 N–H and O–H groups in total. The lowest BCUT2D eigenvalue weighted by Crippen LogP contribution is -2.44. The van der Waals surface area contributed by atoms with Crippen molar-refractivity contribution in [2.24, 2.45) is 5.92 Å². The maximum absolute atomic E-state index is 5.65. The average Bonchev–Trinajstić information content (AvgIpc) is 2.80. The van der Waals surface area contributed by atoms with E-state index in [4.69, 9.17) is 4.74 Å². The second kappa shape index (κ2) is 10.2. The van der Waals surface area contributed by atoms with Crippen LogP contribution in [0.2, 0.25) is 0 Å². The number of ether oxygens (including phenoxy) is 1. The number of piperazine rings is 1. The zero-order chi connectivity index (χ0) is 20.8. The highest BCUT2D eigenvalue weighted by Crippen LogP contribution is 2.32. The van der Waals surface area contributed by atoms with Crippen molar-refractivity contribution in [2.45, 2.75) is 25.7 Å². The highest BCUT2D eigenvalue weighted by molar-refractivity contribution is 5.66. The maximum atomic E-state index is 5.65. The van der Waals surface area contributed by atoms with Crippen LogP contribution in [-0.4, -0.2) is 63.3 Å². The number of aryl methyl sites for hydroxylation is 1. The minimum Gasteiger partial charge on any atom is -0.495 e. The van der Waals surface area contributed by atoms with Crippen LogP contribution >= 0.6 is 0 Å². The van der Waals surface area contributed by atoms with Gasteiger partial charge in [-0.2, -0.15) is 0 Å². The molecule has 0 aliphatic carbocycles. The predicted octanol–water partition coefficient (Wildman–Crippen LogP) is 4.12. The van der Waals surface area contributed by atoms with Crippen LogP contribution in [0.3, 0.4) is 0 Å². The Hall–Kier alpha value is -2.24. The molecule has 2 fully saturated rings. The molecular weight excluding hydrogens is 372 g/mol. The Kier molecular flexibility index (Phi) is 7.13. The summed E-state index contributed by atoms with van der Waals surface area (Å²) in [5.41, 5.74) is 7.48. The van der Waals surface area contributed by atoms with Crippen molar-refractivity contribution in [3.63, 3.8) is 0 Å². The number of hydrazine groups is 1. The second-order valence-electron chi connectivity index (χ2n) is 8.74. The lowest BCUT2D eigenvalue weighted by Gasteiger charge is -2.36. The van der Waals surface area contributed by atoms with Gasteiger partial charge >= 0.3 is 0 Å². The molecule has 0 spiro atoms. The minimum atomic E-state index is 0.833. The Morgan fingerprint density at radius 3 is 2.37 bits per heavy atom. The number of hydrogen-bond donors (Lipinski definition) is 1. The topological polar surface area (TPSA) is 31.0 Å². The Labute approximate surface area is 181 Å². The molecule has 0 aromatic heterocycles. The van der Waals surface area contributed by atoms with Gasteiger partial charge in [-0.15, -0.1) is 0 Å². The number of anilines is 2. The lowest BCUT2D eigenvalue weighted by atomic mass is 9.91. The van der Waals surface area contributed by atoms with E-state index in [1.807, 2.05) is 0 Å². The van der Waals surface area contributed by atoms with Gasteiger partial charge in [-0.05, 0) is 62.4 Å². The third-order valence-corrected chi connectivity index (χ3v) is 6.61. The highest BCUT2D eigenvalue weighted by Gasteiger charge is 2.21. The molecule has 0 atom stereocenters. The van der Waals surface area contributed by atoms with E-state index in [9.17, 15) is 0 Å². The Morgan fingerprint density at radius 2 is 1.67 bits per heavy atom. The molecule has 0 saturated carbocycles. The molecule has 5 nitrogen and oxygen atoms in total. The predicted molar refractivity (Wildman–Crippen MR) is 125 cm³/mol. The van der Waals surface area contributed by atoms with E-state index in [1.165, 1.54) is 36.9 Å². The highest BCUT2D eigenvalue weighted by atomic mass is 16.5. The SMILES string of the molecule is COc1ccc(NN2CCC(CCc3ccccc3)CC2)cc1N1CCN(C)CC1. The molecule has 2 heterocycles. The standard InChI is InChI=1S/C25H36N4O/c1-27-16-18-28(19-17-27)24-20-23(10-11-25(24)30-2)26-29-14-12-22(13-15-29)9-8-21-6-4-3-5-7-21/h3-7,10-11,20,22,26H,8-9,12-19H2,1-2H3. The fourth-order valence-corrected chi connectivity index (χ4v) is 4.59. The molecule has 4 rings (SSSR count). The van der Waals surface area contributed by atoms with Gasteiger partial charge in [-0.3, -0.25) is 0 Å². The number of benzene rings is 2. The van der Waals surface area contributed by atoms with Crippen LogP contribution < -0.4 is 15.1 Å². The van der Waals surface area contributed by atoms with Crippen molar-refractivity contribution < 1.29 is 4.74 Å². The van der Waals surface area contributed by atoms with E-state index in [0.717, 1.165) is 56.6 Å². The molecule has 2 aliphatic heterocycles. The summed E-state index contributed by atoms with van der Waals surface area (Å²) >= 11 is 0. The van der Waals surface area contributed by atoms with Crippen LogP contribution in [0.25, 0.3) is 0 Å². The lowest BCUT2D eigenvalue weighted by molar-refractivity contribution is 0.210. The molecular formula is C25H36N4O. The summed E-state index contributed by atoms with van der Waals surface area (Å²) in [6.45, 7) is 6.49. The van der Waals surface area contributed by atoms with E-state index in [2.05, 4.69) is 75.8 Å². The van der Waals surface area contributed by atoms with E-state index < -0.39 is 0 Å². The molecule has 5 heteroatoms. The van der Waals surface area contributed by atoms with Gasteiger partial charge in [0.2, 0.25) is 0 Å². The third-order valence-electron chi connectivity index (χ3n) is 6.61. The Bertz CT molecular complexity index is 781. The van der Waals surface area contributed by atoms with Crippen LogP contribution in [0, 0.1) is 5.92 Å². The largest absolute Gasteiger partial charge is 0.495 e. The van der Waals surface area contributed by atoms with Gasteiger partial charge < -0.3 is 20.0 Å². The molecule has 0 bridgehead atoms. The average molecular weight is 409 g/mol. The molecule has 30 heavy (non-hydrogen) atoms. The summed E-state index contributed by atoms with van der Waals surface area (Å²) in [7, 11) is 3.96. The molecule has 0 amide bonds. The van der Waals surface area contributed by atoms with Gasteiger partial charge in [0, 0.05) is 39.3 Å². The van der Waals surface area contributed by atoms with Crippen molar-refractivity contribution in [1.29, 1.82) is 0 Å². The minimum absolute atomic E-state index is 0.833. The van der Waals surface area contributed by atoms with Crippen molar-refractivity contribution in [1.82, 2.24) is 9.91 Å². The summed E-state index contributed by atoms with van der Waals surface area (Å²) in [6, 6.07) is 17.4. The number of nitrogens with one attached hydrogen (secondary N) is 1. The van der Waals surface area contributed by atoms with E-state index in [-0.39, 0.29) is 0 Å². The summed E-state index contributed by atoms with van der Waals surface area (Å²) in [5.74, 6) is 1.80. The Balaban J connectivity index is 1.30. The van der Waals surface area contributed by atoms with E-state index >= 15 is 0 Å². The summed E-state index contributed by atoms with van der Waals surface area (Å²) in [6.07, 6.45) is 5.03. The molecule has 0 radical (unpaired) electrons. The first-order valence-corrected chi connectivity index (χ1v) is 11.4. The molecule has 2 aromatic rings. The van der Waals surface area contributed by atoms with Crippen LogP contribution in [-0.2, 0) is 6.42 Å². The number of rotatable bonds is 7. The van der Waals surface area contributed by atoms with Crippen molar-refractivity contribution in [3.8, 4) is 5.75 Å². The molecule has 2 aromatic carbocycles. The Morgan fingerprint density at radius 1 is 0.933 bits per heavy atom. The second-order valence-corrected chi connectivity index (χ2v) is 8.74. The van der Waals surface area contributed by atoms with Gasteiger partial charge in [-0.1, -0.05) is 30.3 Å². The fourth-order valence-electron chi connectivity index (χ4n) is 4.59. The van der Waals surface area contributed by atoms with Gasteiger partial charge in [0.25, 0.3) is 0 Å². The number of nitrogens with zero attached hydrogens (tertiary/aromatic N) is 3. The van der Waals surface area contributed by atoms with Crippen LogP contribution in [0.4, 0.5) is 11.4 Å². The van der Waals surface area contributed by atoms with Crippen molar-refractivity contribution in [3.05, 3.63) is 54.1 Å². The van der Waals surface area contributed by atoms with Crippen molar-refractivity contribution in [2.75, 3.05) is 63.8 Å².